The Bertz CT molecular complexity index is 513. The van der Waals surface area contributed by atoms with Crippen molar-refractivity contribution in [3.63, 3.8) is 0 Å². The van der Waals surface area contributed by atoms with Gasteiger partial charge in [-0.05, 0) is 36.5 Å². The number of allylic oxidation sites excluding steroid dienone is 2. The Kier molecular flexibility index (Phi) is 2.02. The quantitative estimate of drug-likeness (QED) is 0.711. The predicted octanol–water partition coefficient (Wildman–Crippen LogP) is 2.21. The average Bonchev–Trinajstić information content (AvgIpc) is 2.98. The summed E-state index contributed by atoms with van der Waals surface area (Å²) in [7, 11) is 0. The number of nitriles is 1. The summed E-state index contributed by atoms with van der Waals surface area (Å²) in [6.07, 6.45) is 4.34. The number of ketones is 1. The number of carbonyl (C=O) groups is 1. The molecule has 1 N–H and O–H groups in total. The molecule has 0 aromatic carbocycles. The van der Waals surface area contributed by atoms with Crippen LogP contribution >= 0.6 is 0 Å². The maximum Gasteiger partial charge on any atom is 0.178 e. The van der Waals surface area contributed by atoms with Crippen molar-refractivity contribution < 1.29 is 9.90 Å². The van der Waals surface area contributed by atoms with E-state index in [-0.39, 0.29) is 28.6 Å². The number of hydrogen-bond acceptors (Lipinski definition) is 3. The molecule has 2 fully saturated rings. The molecule has 0 heterocycles. The van der Waals surface area contributed by atoms with E-state index in [0.717, 1.165) is 19.3 Å². The largest absolute Gasteiger partial charge is 0.390 e. The number of Topliss-reactive ketones (excluding diaryl/α,β-unsaturated/α-hetero) is 1. The first-order valence-corrected chi connectivity index (χ1v) is 6.66. The van der Waals surface area contributed by atoms with Crippen LogP contribution in [-0.4, -0.2) is 16.5 Å². The summed E-state index contributed by atoms with van der Waals surface area (Å²) in [5.41, 5.74) is -0.929. The Morgan fingerprint density at radius 3 is 2.67 bits per heavy atom. The van der Waals surface area contributed by atoms with E-state index < -0.39 is 11.0 Å². The molecule has 0 amide bonds. The maximum atomic E-state index is 12.3. The van der Waals surface area contributed by atoms with Crippen molar-refractivity contribution in [2.45, 2.75) is 45.6 Å². The van der Waals surface area contributed by atoms with E-state index in [1.807, 2.05) is 26.0 Å². The van der Waals surface area contributed by atoms with Gasteiger partial charge in [0.15, 0.2) is 5.78 Å². The summed E-state index contributed by atoms with van der Waals surface area (Å²) in [6, 6.07) is 2.05. The van der Waals surface area contributed by atoms with Gasteiger partial charge in [-0.25, -0.2) is 0 Å². The van der Waals surface area contributed by atoms with Crippen molar-refractivity contribution in [3.05, 3.63) is 11.6 Å². The van der Waals surface area contributed by atoms with Gasteiger partial charge in [-0.3, -0.25) is 4.79 Å². The number of hydrogen-bond donors (Lipinski definition) is 1. The Balaban J connectivity index is 2.14. The number of aliphatic hydroxyl groups is 1. The maximum absolute atomic E-state index is 12.3. The van der Waals surface area contributed by atoms with E-state index in [1.54, 1.807) is 0 Å². The molecule has 0 aliphatic heterocycles. The topological polar surface area (TPSA) is 61.1 Å². The van der Waals surface area contributed by atoms with E-state index in [2.05, 4.69) is 6.92 Å². The lowest BCUT2D eigenvalue weighted by molar-refractivity contribution is -0.133. The fourth-order valence-corrected chi connectivity index (χ4v) is 4.62. The van der Waals surface area contributed by atoms with E-state index in [0.29, 0.717) is 0 Å². The van der Waals surface area contributed by atoms with Crippen LogP contribution in [0.15, 0.2) is 11.6 Å². The van der Waals surface area contributed by atoms with Crippen molar-refractivity contribution in [1.82, 2.24) is 0 Å². The standard InChI is InChI=1S/C15H19NO2/c1-13(2)10-4-5-15(18)7-11(15)14(10,3)6-9(8-16)12(13)17/h6,10-11,18H,4-5,7H2,1-3H3/t10-,11?,14-,15+/m1/s1. The molecular formula is C15H19NO2. The van der Waals surface area contributed by atoms with Crippen LogP contribution in [-0.2, 0) is 4.79 Å². The Hall–Kier alpha value is -1.14. The van der Waals surface area contributed by atoms with Crippen LogP contribution in [0.4, 0.5) is 0 Å². The lowest BCUT2D eigenvalue weighted by atomic mass is 9.52. The van der Waals surface area contributed by atoms with Crippen molar-refractivity contribution in [3.8, 4) is 6.07 Å². The summed E-state index contributed by atoms with van der Waals surface area (Å²) in [6.45, 7) is 6.02. The fraction of sp³-hybridized carbons (Fsp3) is 0.733. The zero-order valence-corrected chi connectivity index (χ0v) is 11.2. The molecule has 3 aliphatic carbocycles. The first-order valence-electron chi connectivity index (χ1n) is 6.66. The van der Waals surface area contributed by atoms with Gasteiger partial charge in [0, 0.05) is 5.41 Å². The van der Waals surface area contributed by atoms with Crippen LogP contribution in [0.2, 0.25) is 0 Å². The van der Waals surface area contributed by atoms with Gasteiger partial charge in [0.2, 0.25) is 0 Å². The van der Waals surface area contributed by atoms with Crippen LogP contribution in [0.1, 0.15) is 40.0 Å². The second kappa shape index (κ2) is 3.05. The molecule has 2 saturated carbocycles. The van der Waals surface area contributed by atoms with Gasteiger partial charge in [0.05, 0.1) is 11.2 Å². The zero-order chi connectivity index (χ0) is 13.3. The highest BCUT2D eigenvalue weighted by molar-refractivity contribution is 6.04. The van der Waals surface area contributed by atoms with Crippen LogP contribution in [0.25, 0.3) is 0 Å². The Labute approximate surface area is 107 Å². The Morgan fingerprint density at radius 2 is 2.06 bits per heavy atom. The molecule has 3 aliphatic rings. The SMILES string of the molecule is CC1(C)C(=O)C(C#N)=C[C@@]2(C)C3C[C@@]3(O)CC[C@H]12. The highest BCUT2D eigenvalue weighted by Crippen LogP contribution is 2.69. The first-order chi connectivity index (χ1) is 8.25. The van der Waals surface area contributed by atoms with Crippen LogP contribution in [0.3, 0.4) is 0 Å². The van der Waals surface area contributed by atoms with Crippen molar-refractivity contribution in [2.24, 2.45) is 22.7 Å². The molecule has 1 unspecified atom stereocenters. The van der Waals surface area contributed by atoms with Gasteiger partial charge in [-0.2, -0.15) is 5.26 Å². The molecule has 0 aromatic rings. The summed E-state index contributed by atoms with van der Waals surface area (Å²) in [5.74, 6) is 0.431. The third-order valence-electron chi connectivity index (χ3n) is 5.69. The summed E-state index contributed by atoms with van der Waals surface area (Å²) >= 11 is 0. The van der Waals surface area contributed by atoms with E-state index in [1.165, 1.54) is 0 Å². The molecule has 18 heavy (non-hydrogen) atoms. The summed E-state index contributed by atoms with van der Waals surface area (Å²) in [4.78, 5) is 12.3. The van der Waals surface area contributed by atoms with Gasteiger partial charge in [-0.15, -0.1) is 0 Å². The molecule has 3 nitrogen and oxygen atoms in total. The molecular weight excluding hydrogens is 226 g/mol. The number of carbonyl (C=O) groups excluding carboxylic acids is 1. The minimum atomic E-state index is -0.529. The van der Waals surface area contributed by atoms with Gasteiger partial charge >= 0.3 is 0 Å². The van der Waals surface area contributed by atoms with Crippen LogP contribution in [0, 0.1) is 34.0 Å². The molecule has 4 atom stereocenters. The first kappa shape index (κ1) is 11.9. The third kappa shape index (κ3) is 1.20. The lowest BCUT2D eigenvalue weighted by Gasteiger charge is -2.51. The molecule has 0 spiro atoms. The highest BCUT2D eigenvalue weighted by atomic mass is 16.3. The van der Waals surface area contributed by atoms with Crippen LogP contribution in [0.5, 0.6) is 0 Å². The molecule has 0 radical (unpaired) electrons. The average molecular weight is 245 g/mol. The Morgan fingerprint density at radius 1 is 1.39 bits per heavy atom. The van der Waals surface area contributed by atoms with Crippen LogP contribution < -0.4 is 0 Å². The normalized spacial score (nSPS) is 48.6. The van der Waals surface area contributed by atoms with E-state index in [9.17, 15) is 9.90 Å². The van der Waals surface area contributed by atoms with Gasteiger partial charge in [0.25, 0.3) is 0 Å². The second-order valence-electron chi connectivity index (χ2n) is 7.04. The molecule has 0 bridgehead atoms. The molecule has 96 valence electrons. The van der Waals surface area contributed by atoms with Gasteiger partial charge in [-0.1, -0.05) is 26.8 Å². The molecule has 3 rings (SSSR count). The van der Waals surface area contributed by atoms with Gasteiger partial charge in [0.1, 0.15) is 6.07 Å². The van der Waals surface area contributed by atoms with E-state index >= 15 is 0 Å². The monoisotopic (exact) mass is 245 g/mol. The lowest BCUT2D eigenvalue weighted by Crippen LogP contribution is -2.51. The summed E-state index contributed by atoms with van der Waals surface area (Å²) in [5, 5.41) is 19.5. The number of rotatable bonds is 0. The summed E-state index contributed by atoms with van der Waals surface area (Å²) < 4.78 is 0. The third-order valence-corrected chi connectivity index (χ3v) is 5.69. The smallest absolute Gasteiger partial charge is 0.178 e. The van der Waals surface area contributed by atoms with E-state index in [4.69, 9.17) is 5.26 Å². The minimum absolute atomic E-state index is 0.0291. The second-order valence-corrected chi connectivity index (χ2v) is 7.04. The highest BCUT2D eigenvalue weighted by Gasteiger charge is 2.69. The number of fused-ring (bicyclic) bond motifs is 3. The fourth-order valence-electron chi connectivity index (χ4n) is 4.62. The molecule has 0 aromatic heterocycles. The van der Waals surface area contributed by atoms with Crippen molar-refractivity contribution in [1.29, 1.82) is 5.26 Å². The minimum Gasteiger partial charge on any atom is -0.390 e. The van der Waals surface area contributed by atoms with Crippen molar-refractivity contribution in [2.75, 3.05) is 0 Å². The zero-order valence-electron chi connectivity index (χ0n) is 11.2. The predicted molar refractivity (Wildman–Crippen MR) is 66.4 cm³/mol. The van der Waals surface area contributed by atoms with Gasteiger partial charge < -0.3 is 5.11 Å². The molecule has 0 saturated heterocycles. The molecule has 3 heteroatoms. The number of nitrogens with zero attached hydrogens (tertiary/aromatic N) is 1. The van der Waals surface area contributed by atoms with Crippen molar-refractivity contribution >= 4 is 5.78 Å².